The molecule has 5 rings (SSSR count). The summed E-state index contributed by atoms with van der Waals surface area (Å²) in [5, 5.41) is 5.49. The molecule has 1 saturated heterocycles. The van der Waals surface area contributed by atoms with Crippen LogP contribution in [0.2, 0.25) is 5.02 Å². The number of hydrogen-bond acceptors (Lipinski definition) is 4. The number of benzene rings is 2. The average molecular weight is 534 g/mol. The van der Waals surface area contributed by atoms with Crippen LogP contribution >= 0.6 is 22.9 Å². The van der Waals surface area contributed by atoms with Gasteiger partial charge < -0.3 is 19.9 Å². The van der Waals surface area contributed by atoms with Gasteiger partial charge >= 0.3 is 0 Å². The second-order valence-corrected chi connectivity index (χ2v) is 10.4. The standard InChI is InChI=1S/C29H28ClN3O3S/c30-23-12-5-4-10-21(23)19-33(29(35)25-15-14-24(32-25)20-8-2-1-3-9-20)27(26-13-7-17-37-26)28(34)31-18-22-11-6-16-36-22/h1-5,7-10,12-15,17,22,27,32H,6,11,16,18-19H2,(H,31,34)/t22-,27-/m0/s1. The van der Waals surface area contributed by atoms with Crippen molar-refractivity contribution in [3.8, 4) is 11.3 Å². The second kappa shape index (κ2) is 11.8. The third-order valence-electron chi connectivity index (χ3n) is 6.46. The van der Waals surface area contributed by atoms with Crippen molar-refractivity contribution < 1.29 is 14.3 Å². The van der Waals surface area contributed by atoms with E-state index in [0.717, 1.165) is 34.5 Å². The SMILES string of the molecule is O=C(NC[C@@H]1CCCO1)[C@H](c1cccs1)N(Cc1ccccc1Cl)C(=O)c1ccc(-c2ccccc2)[nH]1. The van der Waals surface area contributed by atoms with Gasteiger partial charge in [0.1, 0.15) is 11.7 Å². The molecule has 0 bridgehead atoms. The van der Waals surface area contributed by atoms with E-state index in [9.17, 15) is 9.59 Å². The zero-order chi connectivity index (χ0) is 25.6. The lowest BCUT2D eigenvalue weighted by Crippen LogP contribution is -2.45. The Morgan fingerprint density at radius 1 is 1.05 bits per heavy atom. The number of nitrogens with zero attached hydrogens (tertiary/aromatic N) is 1. The smallest absolute Gasteiger partial charge is 0.271 e. The monoisotopic (exact) mass is 533 g/mol. The van der Waals surface area contributed by atoms with Gasteiger partial charge in [0, 0.05) is 35.3 Å². The number of carbonyl (C=O) groups excluding carboxylic acids is 2. The molecule has 2 aromatic carbocycles. The average Bonchev–Trinajstić information content (AvgIpc) is 3.72. The van der Waals surface area contributed by atoms with Crippen LogP contribution in [0.5, 0.6) is 0 Å². The lowest BCUT2D eigenvalue weighted by atomic mass is 10.1. The van der Waals surface area contributed by atoms with Crippen LogP contribution in [-0.2, 0) is 16.1 Å². The number of amides is 2. The molecule has 1 fully saturated rings. The predicted molar refractivity (Wildman–Crippen MR) is 147 cm³/mol. The fraction of sp³-hybridized carbons (Fsp3) is 0.241. The quantitative estimate of drug-likeness (QED) is 0.274. The fourth-order valence-electron chi connectivity index (χ4n) is 4.54. The van der Waals surface area contributed by atoms with Crippen molar-refractivity contribution in [1.29, 1.82) is 0 Å². The molecule has 1 aliphatic heterocycles. The maximum atomic E-state index is 14.1. The summed E-state index contributed by atoms with van der Waals surface area (Å²) in [6.45, 7) is 1.30. The Morgan fingerprint density at radius 3 is 2.59 bits per heavy atom. The molecule has 2 N–H and O–H groups in total. The van der Waals surface area contributed by atoms with Gasteiger partial charge in [-0.25, -0.2) is 0 Å². The first-order chi connectivity index (χ1) is 18.1. The van der Waals surface area contributed by atoms with Gasteiger partial charge in [-0.2, -0.15) is 0 Å². The first kappa shape index (κ1) is 25.3. The van der Waals surface area contributed by atoms with Gasteiger partial charge in [-0.15, -0.1) is 11.3 Å². The summed E-state index contributed by atoms with van der Waals surface area (Å²) in [5.74, 6) is -0.527. The summed E-state index contributed by atoms with van der Waals surface area (Å²) < 4.78 is 5.69. The Morgan fingerprint density at radius 2 is 1.86 bits per heavy atom. The van der Waals surface area contributed by atoms with Gasteiger partial charge in [-0.05, 0) is 53.6 Å². The number of ether oxygens (including phenoxy) is 1. The highest BCUT2D eigenvalue weighted by Crippen LogP contribution is 2.31. The van der Waals surface area contributed by atoms with E-state index < -0.39 is 6.04 Å². The van der Waals surface area contributed by atoms with E-state index in [1.807, 2.05) is 72.1 Å². The van der Waals surface area contributed by atoms with E-state index >= 15 is 0 Å². The minimum Gasteiger partial charge on any atom is -0.376 e. The predicted octanol–water partition coefficient (Wildman–Crippen LogP) is 6.08. The van der Waals surface area contributed by atoms with Crippen LogP contribution < -0.4 is 5.32 Å². The number of nitrogens with one attached hydrogen (secondary N) is 2. The van der Waals surface area contributed by atoms with Crippen molar-refractivity contribution >= 4 is 34.8 Å². The fourth-order valence-corrected chi connectivity index (χ4v) is 5.57. The number of aromatic amines is 1. The maximum Gasteiger partial charge on any atom is 0.271 e. The molecule has 0 unspecified atom stereocenters. The van der Waals surface area contributed by atoms with Crippen molar-refractivity contribution in [3.05, 3.63) is 105 Å². The van der Waals surface area contributed by atoms with Crippen molar-refractivity contribution in [3.63, 3.8) is 0 Å². The Balaban J connectivity index is 1.49. The Labute approximate surface area is 225 Å². The molecule has 6 nitrogen and oxygen atoms in total. The molecule has 37 heavy (non-hydrogen) atoms. The first-order valence-electron chi connectivity index (χ1n) is 12.3. The van der Waals surface area contributed by atoms with Crippen LogP contribution in [0.3, 0.4) is 0 Å². The topological polar surface area (TPSA) is 74.4 Å². The van der Waals surface area contributed by atoms with Crippen molar-refractivity contribution in [2.75, 3.05) is 13.2 Å². The molecule has 1 aliphatic rings. The third kappa shape index (κ3) is 5.96. The summed E-state index contributed by atoms with van der Waals surface area (Å²) >= 11 is 7.95. The van der Waals surface area contributed by atoms with Gasteiger partial charge in [0.2, 0.25) is 5.91 Å². The molecule has 2 aromatic heterocycles. The molecule has 4 aromatic rings. The summed E-state index contributed by atoms with van der Waals surface area (Å²) in [6.07, 6.45) is 1.90. The highest BCUT2D eigenvalue weighted by molar-refractivity contribution is 7.10. The van der Waals surface area contributed by atoms with E-state index in [1.165, 1.54) is 11.3 Å². The van der Waals surface area contributed by atoms with Crippen molar-refractivity contribution in [2.45, 2.75) is 31.5 Å². The van der Waals surface area contributed by atoms with Gasteiger partial charge in [0.25, 0.3) is 5.91 Å². The first-order valence-corrected chi connectivity index (χ1v) is 13.6. The molecular formula is C29H28ClN3O3S. The summed E-state index contributed by atoms with van der Waals surface area (Å²) in [7, 11) is 0. The number of halogens is 1. The zero-order valence-electron chi connectivity index (χ0n) is 20.2. The second-order valence-electron chi connectivity index (χ2n) is 8.97. The van der Waals surface area contributed by atoms with E-state index in [1.54, 1.807) is 17.0 Å². The molecule has 2 atom stereocenters. The maximum absolute atomic E-state index is 14.1. The molecule has 2 amide bonds. The van der Waals surface area contributed by atoms with E-state index in [-0.39, 0.29) is 24.5 Å². The van der Waals surface area contributed by atoms with Crippen LogP contribution in [0.4, 0.5) is 0 Å². The molecular weight excluding hydrogens is 506 g/mol. The molecule has 0 spiro atoms. The number of aromatic nitrogens is 1. The minimum absolute atomic E-state index is 0.00232. The normalized spacial score (nSPS) is 15.9. The number of thiophene rings is 1. The zero-order valence-corrected chi connectivity index (χ0v) is 21.8. The van der Waals surface area contributed by atoms with Crippen molar-refractivity contribution in [2.24, 2.45) is 0 Å². The number of carbonyl (C=O) groups is 2. The Bertz CT molecular complexity index is 1330. The highest BCUT2D eigenvalue weighted by Gasteiger charge is 2.34. The molecule has 3 heterocycles. The van der Waals surface area contributed by atoms with Gasteiger partial charge in [-0.1, -0.05) is 66.2 Å². The molecule has 190 valence electrons. The lowest BCUT2D eigenvalue weighted by molar-refractivity contribution is -0.126. The molecule has 0 aliphatic carbocycles. The molecule has 8 heteroatoms. The van der Waals surface area contributed by atoms with Gasteiger partial charge in [0.15, 0.2) is 0 Å². The van der Waals surface area contributed by atoms with E-state index in [4.69, 9.17) is 16.3 Å². The van der Waals surface area contributed by atoms with Crippen LogP contribution in [0.1, 0.15) is 39.8 Å². The summed E-state index contributed by atoms with van der Waals surface area (Å²) in [6, 6.07) is 23.8. The number of H-pyrrole nitrogens is 1. The Kier molecular flexibility index (Phi) is 8.04. The van der Waals surface area contributed by atoms with E-state index in [2.05, 4.69) is 10.3 Å². The number of rotatable bonds is 9. The molecule has 0 saturated carbocycles. The van der Waals surface area contributed by atoms with Crippen LogP contribution in [0.15, 0.2) is 84.2 Å². The van der Waals surface area contributed by atoms with Gasteiger partial charge in [-0.3, -0.25) is 9.59 Å². The van der Waals surface area contributed by atoms with Crippen LogP contribution in [-0.4, -0.2) is 41.0 Å². The van der Waals surface area contributed by atoms with E-state index in [0.29, 0.717) is 23.9 Å². The lowest BCUT2D eigenvalue weighted by Gasteiger charge is -2.31. The minimum atomic E-state index is -0.825. The van der Waals surface area contributed by atoms with Crippen LogP contribution in [0, 0.1) is 0 Å². The highest BCUT2D eigenvalue weighted by atomic mass is 35.5. The number of hydrogen-bond donors (Lipinski definition) is 2. The summed E-state index contributed by atoms with van der Waals surface area (Å²) in [4.78, 5) is 33.4. The molecule has 0 radical (unpaired) electrons. The largest absolute Gasteiger partial charge is 0.376 e. The Hall–Kier alpha value is -3.39. The van der Waals surface area contributed by atoms with Crippen molar-refractivity contribution in [1.82, 2.24) is 15.2 Å². The third-order valence-corrected chi connectivity index (χ3v) is 7.75. The summed E-state index contributed by atoms with van der Waals surface area (Å²) in [5.41, 5.74) is 2.97. The van der Waals surface area contributed by atoms with Gasteiger partial charge in [0.05, 0.1) is 6.10 Å². The van der Waals surface area contributed by atoms with Crippen LogP contribution in [0.25, 0.3) is 11.3 Å².